The van der Waals surface area contributed by atoms with Gasteiger partial charge in [0.1, 0.15) is 17.1 Å². The predicted molar refractivity (Wildman–Crippen MR) is 97.5 cm³/mol. The molecule has 0 amide bonds. The first-order valence-electron chi connectivity index (χ1n) is 8.56. The highest BCUT2D eigenvalue weighted by Crippen LogP contribution is 2.49. The highest BCUT2D eigenvalue weighted by Gasteiger charge is 2.61. The fraction of sp³-hybridized carbons (Fsp3) is 0.238. The van der Waals surface area contributed by atoms with E-state index in [0.717, 1.165) is 12.7 Å². The minimum Gasteiger partial charge on any atom is -0.496 e. The minimum absolute atomic E-state index is 0.0453. The van der Waals surface area contributed by atoms with E-state index in [-0.39, 0.29) is 22.6 Å². The minimum atomic E-state index is -3.07. The number of para-hydroxylation sites is 1. The van der Waals surface area contributed by atoms with Gasteiger partial charge in [-0.2, -0.15) is 0 Å². The molecule has 144 valence electrons. The summed E-state index contributed by atoms with van der Waals surface area (Å²) in [6.07, 6.45) is -0.0647. The molecular weight excluding hydrogens is 367 g/mol. The number of esters is 1. The zero-order chi connectivity index (χ0) is 20.1. The SMILES string of the molecule is COC(=O)C1(F)C(=O)c2ccc3occ(C)c3c2OC1c1ccccc1OC. The number of hydrogen-bond acceptors (Lipinski definition) is 6. The summed E-state index contributed by atoms with van der Waals surface area (Å²) >= 11 is 0. The molecule has 7 heteroatoms. The zero-order valence-corrected chi connectivity index (χ0v) is 15.4. The van der Waals surface area contributed by atoms with Crippen LogP contribution in [-0.2, 0) is 9.53 Å². The van der Waals surface area contributed by atoms with E-state index in [4.69, 9.17) is 13.9 Å². The Hall–Kier alpha value is -3.35. The second-order valence-electron chi connectivity index (χ2n) is 6.51. The Morgan fingerprint density at radius 1 is 1.18 bits per heavy atom. The molecule has 4 rings (SSSR count). The number of hydrogen-bond donors (Lipinski definition) is 0. The van der Waals surface area contributed by atoms with E-state index in [0.29, 0.717) is 11.0 Å². The average molecular weight is 384 g/mol. The lowest BCUT2D eigenvalue weighted by atomic mass is 9.82. The van der Waals surface area contributed by atoms with Gasteiger partial charge in [-0.15, -0.1) is 0 Å². The normalized spacial score (nSPS) is 21.1. The Balaban J connectivity index is 2.02. The first kappa shape index (κ1) is 18.0. The Morgan fingerprint density at radius 3 is 2.64 bits per heavy atom. The van der Waals surface area contributed by atoms with Gasteiger partial charge in [0, 0.05) is 5.56 Å². The van der Waals surface area contributed by atoms with Crippen molar-refractivity contribution in [2.75, 3.05) is 14.2 Å². The summed E-state index contributed by atoms with van der Waals surface area (Å²) in [6, 6.07) is 9.41. The molecule has 0 fully saturated rings. The van der Waals surface area contributed by atoms with Crippen molar-refractivity contribution in [1.29, 1.82) is 0 Å². The van der Waals surface area contributed by atoms with E-state index < -0.39 is 23.5 Å². The van der Waals surface area contributed by atoms with Crippen LogP contribution < -0.4 is 9.47 Å². The zero-order valence-electron chi connectivity index (χ0n) is 15.4. The molecule has 2 aromatic carbocycles. The van der Waals surface area contributed by atoms with Gasteiger partial charge in [0.25, 0.3) is 0 Å². The van der Waals surface area contributed by atoms with Crippen molar-refractivity contribution in [3.63, 3.8) is 0 Å². The number of alkyl halides is 1. The molecule has 2 atom stereocenters. The van der Waals surface area contributed by atoms with Gasteiger partial charge in [-0.25, -0.2) is 9.18 Å². The maximum atomic E-state index is 16.1. The maximum absolute atomic E-state index is 16.1. The molecule has 0 saturated heterocycles. The van der Waals surface area contributed by atoms with Crippen LogP contribution in [0, 0.1) is 6.92 Å². The van der Waals surface area contributed by atoms with Crippen molar-refractivity contribution in [2.45, 2.75) is 18.7 Å². The molecule has 0 spiro atoms. The molecule has 0 saturated carbocycles. The number of aryl methyl sites for hydroxylation is 1. The van der Waals surface area contributed by atoms with Crippen LogP contribution in [0.3, 0.4) is 0 Å². The number of rotatable bonds is 3. The van der Waals surface area contributed by atoms with Gasteiger partial charge in [0.15, 0.2) is 6.10 Å². The average Bonchev–Trinajstić information content (AvgIpc) is 3.11. The van der Waals surface area contributed by atoms with Gasteiger partial charge >= 0.3 is 11.6 Å². The molecule has 2 unspecified atom stereocenters. The Bertz CT molecular complexity index is 1100. The molecule has 1 aliphatic heterocycles. The Labute approximate surface area is 159 Å². The third-order valence-electron chi connectivity index (χ3n) is 4.95. The number of ether oxygens (including phenoxy) is 3. The molecule has 0 radical (unpaired) electrons. The fourth-order valence-electron chi connectivity index (χ4n) is 3.57. The number of benzene rings is 2. The van der Waals surface area contributed by atoms with E-state index in [9.17, 15) is 9.59 Å². The van der Waals surface area contributed by atoms with Crippen molar-refractivity contribution in [3.05, 3.63) is 59.4 Å². The topological polar surface area (TPSA) is 75.0 Å². The van der Waals surface area contributed by atoms with E-state index in [2.05, 4.69) is 4.74 Å². The van der Waals surface area contributed by atoms with Gasteiger partial charge < -0.3 is 18.6 Å². The molecule has 1 aliphatic rings. The van der Waals surface area contributed by atoms with Crippen molar-refractivity contribution >= 4 is 22.7 Å². The second kappa shape index (κ2) is 6.37. The molecule has 0 N–H and O–H groups in total. The number of carbonyl (C=O) groups is 2. The van der Waals surface area contributed by atoms with Crippen molar-refractivity contribution in [1.82, 2.24) is 0 Å². The van der Waals surface area contributed by atoms with Crippen molar-refractivity contribution in [3.8, 4) is 11.5 Å². The molecule has 1 aromatic heterocycles. The quantitative estimate of drug-likeness (QED) is 0.503. The lowest BCUT2D eigenvalue weighted by Gasteiger charge is -2.36. The lowest BCUT2D eigenvalue weighted by Crippen LogP contribution is -2.53. The summed E-state index contributed by atoms with van der Waals surface area (Å²) in [5.41, 5.74) is -1.68. The number of methoxy groups -OCH3 is 2. The van der Waals surface area contributed by atoms with Crippen LogP contribution in [0.1, 0.15) is 27.6 Å². The van der Waals surface area contributed by atoms with Gasteiger partial charge in [0.05, 0.1) is 31.4 Å². The fourth-order valence-corrected chi connectivity index (χ4v) is 3.57. The number of furan rings is 1. The smallest absolute Gasteiger partial charge is 0.356 e. The van der Waals surface area contributed by atoms with E-state index in [1.807, 2.05) is 0 Å². The Morgan fingerprint density at radius 2 is 1.93 bits per heavy atom. The summed E-state index contributed by atoms with van der Waals surface area (Å²) in [5.74, 6) is -1.91. The number of Topliss-reactive ketones (excluding diaryl/α,β-unsaturated/α-hetero) is 1. The van der Waals surface area contributed by atoms with Crippen molar-refractivity contribution < 1.29 is 32.6 Å². The third-order valence-corrected chi connectivity index (χ3v) is 4.95. The summed E-state index contributed by atoms with van der Waals surface area (Å²) in [6.45, 7) is 1.79. The largest absolute Gasteiger partial charge is 0.496 e. The van der Waals surface area contributed by atoms with Crippen LogP contribution in [0.5, 0.6) is 11.5 Å². The summed E-state index contributed by atoms with van der Waals surface area (Å²) in [5, 5.41) is 0.553. The van der Waals surface area contributed by atoms with Gasteiger partial charge in [0.2, 0.25) is 5.78 Å². The predicted octanol–water partition coefficient (Wildman–Crippen LogP) is 3.95. The van der Waals surface area contributed by atoms with Gasteiger partial charge in [-0.3, -0.25) is 4.79 Å². The third kappa shape index (κ3) is 2.32. The molecule has 0 aliphatic carbocycles. The van der Waals surface area contributed by atoms with E-state index in [1.165, 1.54) is 19.4 Å². The van der Waals surface area contributed by atoms with Crippen LogP contribution >= 0.6 is 0 Å². The number of fused-ring (bicyclic) bond motifs is 3. The van der Waals surface area contributed by atoms with Crippen LogP contribution in [0.4, 0.5) is 4.39 Å². The highest BCUT2D eigenvalue weighted by atomic mass is 19.1. The number of carbonyl (C=O) groups excluding carboxylic acids is 2. The second-order valence-corrected chi connectivity index (χ2v) is 6.51. The van der Waals surface area contributed by atoms with E-state index >= 15 is 4.39 Å². The van der Waals surface area contributed by atoms with Crippen LogP contribution in [0.15, 0.2) is 47.1 Å². The molecule has 28 heavy (non-hydrogen) atoms. The standard InChI is InChI=1S/C21H17FO6/c1-11-10-27-15-9-8-13-17(16(11)15)28-19(12-6-4-5-7-14(12)25-2)21(22,18(13)23)20(24)26-3/h4-10,19H,1-3H3. The van der Waals surface area contributed by atoms with Crippen LogP contribution in [0.2, 0.25) is 0 Å². The summed E-state index contributed by atoms with van der Waals surface area (Å²) < 4.78 is 37.5. The Kier molecular flexibility index (Phi) is 4.10. The lowest BCUT2D eigenvalue weighted by molar-refractivity contribution is -0.157. The van der Waals surface area contributed by atoms with Crippen LogP contribution in [-0.4, -0.2) is 31.6 Å². The van der Waals surface area contributed by atoms with Crippen LogP contribution in [0.25, 0.3) is 11.0 Å². The van der Waals surface area contributed by atoms with Gasteiger partial charge in [-0.1, -0.05) is 18.2 Å². The molecule has 2 heterocycles. The monoisotopic (exact) mass is 384 g/mol. The molecule has 6 nitrogen and oxygen atoms in total. The van der Waals surface area contributed by atoms with E-state index in [1.54, 1.807) is 37.3 Å². The first-order valence-corrected chi connectivity index (χ1v) is 8.56. The number of ketones is 1. The summed E-state index contributed by atoms with van der Waals surface area (Å²) in [7, 11) is 2.43. The number of halogens is 1. The molecule has 0 bridgehead atoms. The van der Waals surface area contributed by atoms with Crippen molar-refractivity contribution in [2.24, 2.45) is 0 Å². The highest BCUT2D eigenvalue weighted by molar-refractivity contribution is 6.20. The maximum Gasteiger partial charge on any atom is 0.356 e. The molecule has 3 aromatic rings. The first-order chi connectivity index (χ1) is 13.4. The van der Waals surface area contributed by atoms with Gasteiger partial charge in [-0.05, 0) is 30.7 Å². The molecular formula is C21H17FO6. The summed E-state index contributed by atoms with van der Waals surface area (Å²) in [4.78, 5) is 25.6.